The molecule has 0 saturated carbocycles. The van der Waals surface area contributed by atoms with Crippen molar-refractivity contribution in [2.75, 3.05) is 26.2 Å². The first-order valence-corrected chi connectivity index (χ1v) is 8.94. The van der Waals surface area contributed by atoms with Gasteiger partial charge in [0.1, 0.15) is 11.9 Å². The Labute approximate surface area is 158 Å². The summed E-state index contributed by atoms with van der Waals surface area (Å²) in [4.78, 5) is 26.4. The van der Waals surface area contributed by atoms with E-state index in [0.29, 0.717) is 25.3 Å². The fraction of sp³-hybridized carbons (Fsp3) is 0.333. The van der Waals surface area contributed by atoms with Gasteiger partial charge in [0.05, 0.1) is 19.7 Å². The summed E-state index contributed by atoms with van der Waals surface area (Å²) < 4.78 is 18.8. The van der Waals surface area contributed by atoms with Gasteiger partial charge < -0.3 is 15.0 Å². The summed E-state index contributed by atoms with van der Waals surface area (Å²) in [5.41, 5.74) is 3.51. The Balaban J connectivity index is 1.56. The summed E-state index contributed by atoms with van der Waals surface area (Å²) in [6.45, 7) is 5.11. The fourth-order valence-corrected chi connectivity index (χ4v) is 3.01. The zero-order valence-corrected chi connectivity index (χ0v) is 15.5. The molecule has 5 nitrogen and oxygen atoms in total. The molecule has 1 N–H and O–H groups in total. The molecule has 3 rings (SSSR count). The van der Waals surface area contributed by atoms with Crippen LogP contribution >= 0.6 is 0 Å². The van der Waals surface area contributed by atoms with Crippen LogP contribution in [0.5, 0.6) is 0 Å². The molecular formula is C21H23FN2O3. The molecule has 1 atom stereocenters. The highest BCUT2D eigenvalue weighted by Gasteiger charge is 2.25. The van der Waals surface area contributed by atoms with Gasteiger partial charge in [-0.25, -0.2) is 4.39 Å². The quantitative estimate of drug-likeness (QED) is 0.900. The molecule has 6 heteroatoms. The van der Waals surface area contributed by atoms with Crippen molar-refractivity contribution in [3.05, 3.63) is 70.5 Å². The molecule has 1 unspecified atom stereocenters. The van der Waals surface area contributed by atoms with Crippen LogP contribution in [0.4, 0.5) is 4.39 Å². The normalized spacial score (nSPS) is 16.9. The first-order valence-electron chi connectivity index (χ1n) is 8.94. The van der Waals surface area contributed by atoms with E-state index in [-0.39, 0.29) is 30.3 Å². The van der Waals surface area contributed by atoms with Crippen LogP contribution in [0.15, 0.2) is 42.5 Å². The number of nitrogens with one attached hydrogen (secondary N) is 1. The van der Waals surface area contributed by atoms with E-state index in [0.717, 1.165) is 16.7 Å². The van der Waals surface area contributed by atoms with Gasteiger partial charge in [0.25, 0.3) is 5.91 Å². The van der Waals surface area contributed by atoms with Crippen LogP contribution < -0.4 is 5.32 Å². The van der Waals surface area contributed by atoms with Crippen molar-refractivity contribution in [3.8, 4) is 0 Å². The highest BCUT2D eigenvalue weighted by molar-refractivity contribution is 5.96. The standard InChI is InChI=1S/C21H23FN2O3/c1-14-3-4-17(11-15(14)2)21(26)23-12-20(25)24-9-10-27-19(13-24)16-5-7-18(22)8-6-16/h3-8,11,19H,9-10,12-13H2,1-2H3,(H,23,26). The van der Waals surface area contributed by atoms with Gasteiger partial charge in [-0.15, -0.1) is 0 Å². The molecule has 1 heterocycles. The molecule has 2 aromatic rings. The van der Waals surface area contributed by atoms with Crippen LogP contribution in [0.3, 0.4) is 0 Å². The lowest BCUT2D eigenvalue weighted by atomic mass is 10.1. The van der Waals surface area contributed by atoms with Gasteiger partial charge in [0.15, 0.2) is 0 Å². The number of hydrogen-bond acceptors (Lipinski definition) is 3. The fourth-order valence-electron chi connectivity index (χ4n) is 3.01. The Bertz CT molecular complexity index is 836. The van der Waals surface area contributed by atoms with Crippen LogP contribution in [-0.4, -0.2) is 43.0 Å². The number of carbonyl (C=O) groups excluding carboxylic acids is 2. The largest absolute Gasteiger partial charge is 0.370 e. The number of nitrogens with zero attached hydrogens (tertiary/aromatic N) is 1. The Kier molecular flexibility index (Phi) is 5.86. The maximum atomic E-state index is 13.1. The van der Waals surface area contributed by atoms with Crippen LogP contribution in [0.2, 0.25) is 0 Å². The maximum Gasteiger partial charge on any atom is 0.251 e. The van der Waals surface area contributed by atoms with Gasteiger partial charge in [-0.3, -0.25) is 9.59 Å². The number of halogens is 1. The summed E-state index contributed by atoms with van der Waals surface area (Å²) >= 11 is 0. The third-order valence-corrected chi connectivity index (χ3v) is 4.83. The molecule has 0 aromatic heterocycles. The summed E-state index contributed by atoms with van der Waals surface area (Å²) in [6, 6.07) is 11.5. The lowest BCUT2D eigenvalue weighted by Gasteiger charge is -2.33. The van der Waals surface area contributed by atoms with Gasteiger partial charge >= 0.3 is 0 Å². The van der Waals surface area contributed by atoms with Gasteiger partial charge in [0.2, 0.25) is 5.91 Å². The van der Waals surface area contributed by atoms with E-state index >= 15 is 0 Å². The maximum absolute atomic E-state index is 13.1. The second-order valence-electron chi connectivity index (χ2n) is 6.73. The summed E-state index contributed by atoms with van der Waals surface area (Å²) in [6.07, 6.45) is -0.293. The van der Waals surface area contributed by atoms with E-state index in [1.54, 1.807) is 23.1 Å². The molecule has 2 amide bonds. The van der Waals surface area contributed by atoms with Crippen LogP contribution in [0.25, 0.3) is 0 Å². The Hall–Kier alpha value is -2.73. The highest BCUT2D eigenvalue weighted by Crippen LogP contribution is 2.22. The van der Waals surface area contributed by atoms with Crippen LogP contribution in [-0.2, 0) is 9.53 Å². The van der Waals surface area contributed by atoms with Gasteiger partial charge in [-0.2, -0.15) is 0 Å². The Morgan fingerprint density at radius 1 is 1.15 bits per heavy atom. The van der Waals surface area contributed by atoms with Gasteiger partial charge in [-0.05, 0) is 54.8 Å². The first kappa shape index (κ1) is 19.0. The average molecular weight is 370 g/mol. The van der Waals surface area contributed by atoms with Gasteiger partial charge in [0, 0.05) is 12.1 Å². The molecule has 1 fully saturated rings. The van der Waals surface area contributed by atoms with E-state index in [1.807, 2.05) is 26.0 Å². The molecule has 0 radical (unpaired) electrons. The SMILES string of the molecule is Cc1ccc(C(=O)NCC(=O)N2CCOC(c3ccc(F)cc3)C2)cc1C. The number of benzene rings is 2. The topological polar surface area (TPSA) is 58.6 Å². The summed E-state index contributed by atoms with van der Waals surface area (Å²) in [5, 5.41) is 2.68. The van der Waals surface area contributed by atoms with Crippen molar-refractivity contribution in [1.82, 2.24) is 10.2 Å². The van der Waals surface area contributed by atoms with E-state index in [9.17, 15) is 14.0 Å². The van der Waals surface area contributed by atoms with Crippen molar-refractivity contribution in [2.24, 2.45) is 0 Å². The predicted molar refractivity (Wildman–Crippen MR) is 99.9 cm³/mol. The van der Waals surface area contributed by atoms with Crippen LogP contribution in [0, 0.1) is 19.7 Å². The zero-order chi connectivity index (χ0) is 19.4. The van der Waals surface area contributed by atoms with E-state index < -0.39 is 0 Å². The number of carbonyl (C=O) groups is 2. The Morgan fingerprint density at radius 2 is 1.89 bits per heavy atom. The van der Waals surface area contributed by atoms with Crippen molar-refractivity contribution >= 4 is 11.8 Å². The van der Waals surface area contributed by atoms with Crippen molar-refractivity contribution in [1.29, 1.82) is 0 Å². The lowest BCUT2D eigenvalue weighted by Crippen LogP contribution is -2.46. The smallest absolute Gasteiger partial charge is 0.251 e. The number of morpholine rings is 1. The molecule has 0 aliphatic carbocycles. The summed E-state index contributed by atoms with van der Waals surface area (Å²) in [5.74, 6) is -0.742. The minimum Gasteiger partial charge on any atom is -0.370 e. The minimum atomic E-state index is -0.309. The lowest BCUT2D eigenvalue weighted by molar-refractivity contribution is -0.137. The van der Waals surface area contributed by atoms with Crippen LogP contribution in [0.1, 0.15) is 33.2 Å². The molecule has 1 saturated heterocycles. The molecular weight excluding hydrogens is 347 g/mol. The molecule has 1 aliphatic rings. The number of hydrogen-bond donors (Lipinski definition) is 1. The molecule has 2 aromatic carbocycles. The van der Waals surface area contributed by atoms with E-state index in [4.69, 9.17) is 4.74 Å². The van der Waals surface area contributed by atoms with E-state index in [2.05, 4.69) is 5.32 Å². The van der Waals surface area contributed by atoms with Crippen molar-refractivity contribution in [2.45, 2.75) is 20.0 Å². The second-order valence-corrected chi connectivity index (χ2v) is 6.73. The molecule has 0 bridgehead atoms. The average Bonchev–Trinajstić information content (AvgIpc) is 2.68. The summed E-state index contributed by atoms with van der Waals surface area (Å²) in [7, 11) is 0. The molecule has 27 heavy (non-hydrogen) atoms. The van der Waals surface area contributed by atoms with Crippen molar-refractivity contribution in [3.63, 3.8) is 0 Å². The number of amides is 2. The van der Waals surface area contributed by atoms with E-state index in [1.165, 1.54) is 12.1 Å². The minimum absolute atomic E-state index is 0.0676. The molecule has 0 spiro atoms. The Morgan fingerprint density at radius 3 is 2.59 bits per heavy atom. The monoisotopic (exact) mass is 370 g/mol. The third-order valence-electron chi connectivity index (χ3n) is 4.83. The molecule has 142 valence electrons. The molecule has 1 aliphatic heterocycles. The predicted octanol–water partition coefficient (Wildman–Crippen LogP) is 2.77. The zero-order valence-electron chi connectivity index (χ0n) is 15.5. The number of aryl methyl sites for hydroxylation is 2. The third kappa shape index (κ3) is 4.71. The number of ether oxygens (including phenoxy) is 1. The second kappa shape index (κ2) is 8.31. The highest BCUT2D eigenvalue weighted by atomic mass is 19.1. The van der Waals surface area contributed by atoms with Gasteiger partial charge in [-0.1, -0.05) is 18.2 Å². The number of rotatable bonds is 4. The first-order chi connectivity index (χ1) is 12.9. The van der Waals surface area contributed by atoms with Crippen molar-refractivity contribution < 1.29 is 18.7 Å².